The quantitative estimate of drug-likeness (QED) is 0.496. The zero-order chi connectivity index (χ0) is 21.9. The molecular formula is C24H20N6O2. The molecule has 1 saturated heterocycles. The van der Waals surface area contributed by atoms with Crippen molar-refractivity contribution in [3.63, 3.8) is 0 Å². The first-order valence-corrected chi connectivity index (χ1v) is 10.2. The molecule has 1 aromatic carbocycles. The van der Waals surface area contributed by atoms with Crippen molar-refractivity contribution in [2.24, 2.45) is 0 Å². The van der Waals surface area contributed by atoms with Gasteiger partial charge in [0.05, 0.1) is 30.7 Å². The molecule has 0 saturated carbocycles. The minimum Gasteiger partial charge on any atom is -0.384 e. The highest BCUT2D eigenvalue weighted by Gasteiger charge is 2.18. The summed E-state index contributed by atoms with van der Waals surface area (Å²) >= 11 is 0. The zero-order valence-corrected chi connectivity index (χ0v) is 17.2. The van der Waals surface area contributed by atoms with Gasteiger partial charge in [0.2, 0.25) is 0 Å². The van der Waals surface area contributed by atoms with E-state index < -0.39 is 0 Å². The fourth-order valence-corrected chi connectivity index (χ4v) is 3.52. The molecule has 3 aromatic heterocycles. The van der Waals surface area contributed by atoms with Gasteiger partial charge in [-0.2, -0.15) is 5.10 Å². The number of benzene rings is 1. The number of carbonyl (C=O) groups is 1. The topological polar surface area (TPSA) is 98.6 Å². The Labute approximate surface area is 184 Å². The van der Waals surface area contributed by atoms with Crippen molar-refractivity contribution in [1.82, 2.24) is 24.5 Å². The highest BCUT2D eigenvalue weighted by Crippen LogP contribution is 2.20. The summed E-state index contributed by atoms with van der Waals surface area (Å²) in [4.78, 5) is 23.2. The maximum atomic E-state index is 12.7. The van der Waals surface area contributed by atoms with E-state index in [1.807, 2.05) is 41.4 Å². The van der Waals surface area contributed by atoms with Gasteiger partial charge in [0.1, 0.15) is 5.82 Å². The number of ether oxygens (including phenoxy) is 1. The summed E-state index contributed by atoms with van der Waals surface area (Å²) in [5.41, 5.74) is 10.2. The summed E-state index contributed by atoms with van der Waals surface area (Å²) < 4.78 is 7.01. The number of pyridine rings is 1. The molecule has 8 heteroatoms. The molecule has 5 rings (SSSR count). The number of hydrogen-bond donors (Lipinski definition) is 1. The highest BCUT2D eigenvalue weighted by molar-refractivity contribution is 5.94. The van der Waals surface area contributed by atoms with Crippen LogP contribution in [0.3, 0.4) is 0 Å². The Balaban J connectivity index is 1.41. The summed E-state index contributed by atoms with van der Waals surface area (Å²) in [6.07, 6.45) is 5.16. The third kappa shape index (κ3) is 4.02. The lowest BCUT2D eigenvalue weighted by Gasteiger charge is -2.26. The molecule has 4 aromatic rings. The van der Waals surface area contributed by atoms with Crippen molar-refractivity contribution >= 4 is 17.4 Å². The van der Waals surface area contributed by atoms with Crippen molar-refractivity contribution in [3.05, 3.63) is 77.7 Å². The first-order chi connectivity index (χ1) is 15.7. The number of amides is 1. The maximum absolute atomic E-state index is 12.7. The third-order valence-corrected chi connectivity index (χ3v) is 5.22. The number of nitrogens with zero attached hydrogens (tertiary/aromatic N) is 5. The molecule has 0 bridgehead atoms. The van der Waals surface area contributed by atoms with Crippen LogP contribution in [0.2, 0.25) is 0 Å². The number of aromatic nitrogens is 4. The van der Waals surface area contributed by atoms with Crippen LogP contribution in [0.5, 0.6) is 0 Å². The van der Waals surface area contributed by atoms with Crippen molar-refractivity contribution in [2.45, 2.75) is 0 Å². The number of fused-ring (bicyclic) bond motifs is 1. The van der Waals surface area contributed by atoms with Gasteiger partial charge in [0.25, 0.3) is 5.91 Å². The molecule has 158 valence electrons. The number of hydrogen-bond acceptors (Lipinski definition) is 6. The molecule has 1 fully saturated rings. The van der Waals surface area contributed by atoms with Gasteiger partial charge in [-0.25, -0.2) is 14.5 Å². The average molecular weight is 424 g/mol. The van der Waals surface area contributed by atoms with Crippen LogP contribution in [-0.2, 0) is 4.74 Å². The number of morpholine rings is 1. The van der Waals surface area contributed by atoms with Crippen LogP contribution >= 0.6 is 0 Å². The summed E-state index contributed by atoms with van der Waals surface area (Å²) in [5.74, 6) is 6.63. The van der Waals surface area contributed by atoms with E-state index in [1.54, 1.807) is 29.0 Å². The molecule has 0 radical (unpaired) electrons. The summed E-state index contributed by atoms with van der Waals surface area (Å²) in [6, 6.07) is 12.9. The molecule has 8 nitrogen and oxygen atoms in total. The second kappa shape index (κ2) is 8.49. The first-order valence-electron chi connectivity index (χ1n) is 10.2. The van der Waals surface area contributed by atoms with Crippen molar-refractivity contribution < 1.29 is 9.53 Å². The van der Waals surface area contributed by atoms with Gasteiger partial charge >= 0.3 is 0 Å². The molecule has 4 heterocycles. The fourth-order valence-electron chi connectivity index (χ4n) is 3.52. The normalized spacial score (nSPS) is 13.6. The molecule has 0 unspecified atom stereocenters. The van der Waals surface area contributed by atoms with Gasteiger partial charge in [0.15, 0.2) is 5.65 Å². The van der Waals surface area contributed by atoms with E-state index in [1.165, 1.54) is 0 Å². The van der Waals surface area contributed by atoms with E-state index in [4.69, 9.17) is 15.5 Å². The van der Waals surface area contributed by atoms with Crippen LogP contribution in [0.4, 0.5) is 5.82 Å². The molecule has 1 aliphatic rings. The Kier molecular flexibility index (Phi) is 5.24. The van der Waals surface area contributed by atoms with Gasteiger partial charge in [-0.15, -0.1) is 0 Å². The number of nitrogen functional groups attached to an aromatic ring is 1. The van der Waals surface area contributed by atoms with Gasteiger partial charge in [-0.1, -0.05) is 24.0 Å². The fraction of sp³-hybridized carbons (Fsp3) is 0.167. The minimum absolute atomic E-state index is 0.0216. The molecular weight excluding hydrogens is 404 g/mol. The molecule has 0 aliphatic carbocycles. The van der Waals surface area contributed by atoms with Crippen LogP contribution in [0, 0.1) is 11.8 Å². The second-order valence-electron chi connectivity index (χ2n) is 7.34. The summed E-state index contributed by atoms with van der Waals surface area (Å²) in [7, 11) is 0. The minimum atomic E-state index is 0.0216. The van der Waals surface area contributed by atoms with Crippen LogP contribution in [0.25, 0.3) is 16.9 Å². The SMILES string of the molecule is Nc1cc(C#Cc2cnn3ccc(-c4ccc(C(=O)N5CCOCC5)cc4)nc23)ccn1. The molecule has 32 heavy (non-hydrogen) atoms. The largest absolute Gasteiger partial charge is 0.384 e. The zero-order valence-electron chi connectivity index (χ0n) is 17.2. The van der Waals surface area contributed by atoms with E-state index in [-0.39, 0.29) is 5.91 Å². The second-order valence-corrected chi connectivity index (χ2v) is 7.34. The van der Waals surface area contributed by atoms with Gasteiger partial charge < -0.3 is 15.4 Å². The van der Waals surface area contributed by atoms with Crippen molar-refractivity contribution in [2.75, 3.05) is 32.0 Å². The van der Waals surface area contributed by atoms with E-state index in [0.29, 0.717) is 48.9 Å². The number of carbonyl (C=O) groups excluding carboxylic acids is 1. The van der Waals surface area contributed by atoms with Gasteiger partial charge in [-0.05, 0) is 30.3 Å². The van der Waals surface area contributed by atoms with Crippen LogP contribution < -0.4 is 5.73 Å². The van der Waals surface area contributed by atoms with E-state index >= 15 is 0 Å². The Morgan fingerprint density at radius 2 is 1.88 bits per heavy atom. The predicted molar refractivity (Wildman–Crippen MR) is 120 cm³/mol. The first kappa shape index (κ1) is 19.7. The maximum Gasteiger partial charge on any atom is 0.254 e. The lowest BCUT2D eigenvalue weighted by atomic mass is 10.1. The lowest BCUT2D eigenvalue weighted by molar-refractivity contribution is 0.0303. The van der Waals surface area contributed by atoms with Crippen molar-refractivity contribution in [3.8, 4) is 23.1 Å². The Morgan fingerprint density at radius 3 is 2.66 bits per heavy atom. The standard InChI is InChI=1S/C24H20N6O2/c25-22-15-17(7-9-26-22)1-2-20-16-27-30-10-8-21(28-23(20)30)18-3-5-19(6-4-18)24(31)29-11-13-32-14-12-29/h3-10,15-16H,11-14H2,(H2,25,26). The highest BCUT2D eigenvalue weighted by atomic mass is 16.5. The van der Waals surface area contributed by atoms with Gasteiger partial charge in [0, 0.05) is 42.2 Å². The van der Waals surface area contributed by atoms with Crippen molar-refractivity contribution in [1.29, 1.82) is 0 Å². The lowest BCUT2D eigenvalue weighted by Crippen LogP contribution is -2.40. The van der Waals surface area contributed by atoms with E-state index in [0.717, 1.165) is 16.8 Å². The molecule has 1 amide bonds. The Bertz CT molecular complexity index is 1340. The van der Waals surface area contributed by atoms with Crippen LogP contribution in [-0.4, -0.2) is 56.7 Å². The summed E-state index contributed by atoms with van der Waals surface area (Å²) in [5, 5.41) is 4.33. The number of anilines is 1. The number of nitrogens with two attached hydrogens (primary N) is 1. The molecule has 1 aliphatic heterocycles. The molecule has 2 N–H and O–H groups in total. The van der Waals surface area contributed by atoms with Crippen LogP contribution in [0.1, 0.15) is 21.5 Å². The summed E-state index contributed by atoms with van der Waals surface area (Å²) in [6.45, 7) is 2.41. The van der Waals surface area contributed by atoms with E-state index in [2.05, 4.69) is 21.9 Å². The smallest absolute Gasteiger partial charge is 0.254 e. The number of rotatable bonds is 2. The van der Waals surface area contributed by atoms with Crippen LogP contribution in [0.15, 0.2) is 61.1 Å². The molecule has 0 atom stereocenters. The van der Waals surface area contributed by atoms with E-state index in [9.17, 15) is 4.79 Å². The Hall–Kier alpha value is -4.22. The third-order valence-electron chi connectivity index (χ3n) is 5.22. The Morgan fingerprint density at radius 1 is 1.06 bits per heavy atom. The monoisotopic (exact) mass is 424 g/mol. The predicted octanol–water partition coefficient (Wildman–Crippen LogP) is 2.25. The average Bonchev–Trinajstić information content (AvgIpc) is 3.25. The van der Waals surface area contributed by atoms with Gasteiger partial charge in [-0.3, -0.25) is 4.79 Å². The molecule has 0 spiro atoms.